The van der Waals surface area contributed by atoms with Gasteiger partial charge < -0.3 is 29.6 Å². The number of benzene rings is 1. The van der Waals surface area contributed by atoms with Crippen molar-refractivity contribution in [1.82, 2.24) is 9.80 Å². The summed E-state index contributed by atoms with van der Waals surface area (Å²) in [5.74, 6) is 0. The van der Waals surface area contributed by atoms with Gasteiger partial charge in [0.2, 0.25) is 0 Å². The van der Waals surface area contributed by atoms with E-state index in [1.54, 1.807) is 38.1 Å². The first-order valence-corrected chi connectivity index (χ1v) is 6.50. The van der Waals surface area contributed by atoms with Crippen LogP contribution in [-0.4, -0.2) is 35.1 Å². The van der Waals surface area contributed by atoms with E-state index in [1.165, 1.54) is 0 Å². The summed E-state index contributed by atoms with van der Waals surface area (Å²) in [6.45, 7) is 3.36. The molecule has 0 fully saturated rings. The van der Waals surface area contributed by atoms with Crippen LogP contribution in [-0.2, 0) is 0 Å². The molecule has 0 atom stereocenters. The van der Waals surface area contributed by atoms with Gasteiger partial charge in [-0.15, -0.1) is 0 Å². The zero-order chi connectivity index (χ0) is 15.3. The quantitative estimate of drug-likeness (QED) is 0.748. The van der Waals surface area contributed by atoms with E-state index in [0.29, 0.717) is 10.6 Å². The smallest absolute Gasteiger partial charge is 0.138 e. The first-order chi connectivity index (χ1) is 9.42. The fourth-order valence-electron chi connectivity index (χ4n) is 1.97. The first kappa shape index (κ1) is 16.1. The predicted molar refractivity (Wildman–Crippen MR) is 69.7 cm³/mol. The Hall–Kier alpha value is -1.95. The van der Waals surface area contributed by atoms with E-state index < -0.39 is 18.4 Å². The summed E-state index contributed by atoms with van der Waals surface area (Å²) in [7, 11) is 0. The van der Waals surface area contributed by atoms with Crippen molar-refractivity contribution in [3.63, 3.8) is 0 Å². The summed E-state index contributed by atoms with van der Waals surface area (Å²) >= 11 is 5.78. The molecule has 0 saturated carbocycles. The number of hydrogen-bond acceptors (Lipinski definition) is 4. The Balaban J connectivity index is 3.28. The van der Waals surface area contributed by atoms with Crippen LogP contribution in [0.25, 0.3) is 0 Å². The third-order valence-electron chi connectivity index (χ3n) is 2.91. The average Bonchev–Trinajstić information content (AvgIpc) is 2.39. The number of carbonyl (C=O) groups is 2. The van der Waals surface area contributed by atoms with Crippen LogP contribution in [0.1, 0.15) is 25.6 Å². The summed E-state index contributed by atoms with van der Waals surface area (Å²) in [5.41, 5.74) is 0.478. The largest absolute Gasteiger partial charge is 0.530 e. The molecule has 0 unspecified atom stereocenters. The minimum atomic E-state index is -1.45. The fraction of sp³-hybridized carbons (Fsp3) is 0.385. The topological polar surface area (TPSA) is 86.7 Å². The molecule has 0 N–H and O–H groups in total. The molecule has 0 bridgehead atoms. The second-order valence-corrected chi connectivity index (χ2v) is 4.47. The monoisotopic (exact) mass is 298 g/mol. The van der Waals surface area contributed by atoms with E-state index in [0.717, 1.165) is 9.80 Å². The van der Waals surface area contributed by atoms with Gasteiger partial charge in [-0.05, 0) is 31.5 Å². The number of carboxylic acid groups (broad SMARTS) is 2. The summed E-state index contributed by atoms with van der Waals surface area (Å²) in [6, 6.07) is 6.28. The van der Waals surface area contributed by atoms with Crippen molar-refractivity contribution in [1.29, 1.82) is 0 Å². The van der Waals surface area contributed by atoms with Gasteiger partial charge in [0.15, 0.2) is 0 Å². The molecule has 0 aliphatic carbocycles. The zero-order valence-corrected chi connectivity index (χ0v) is 12.0. The second-order valence-electron chi connectivity index (χ2n) is 4.03. The summed E-state index contributed by atoms with van der Waals surface area (Å²) in [4.78, 5) is 24.2. The van der Waals surface area contributed by atoms with Gasteiger partial charge in [-0.25, -0.2) is 0 Å². The van der Waals surface area contributed by atoms with Crippen LogP contribution in [0.2, 0.25) is 5.02 Å². The van der Waals surface area contributed by atoms with Gasteiger partial charge in [0.1, 0.15) is 18.4 Å². The number of nitrogens with zero attached hydrogens (tertiary/aromatic N) is 2. The Labute approximate surface area is 122 Å². The van der Waals surface area contributed by atoms with E-state index in [1.807, 2.05) is 0 Å². The Morgan fingerprint density at radius 2 is 1.45 bits per heavy atom. The second kappa shape index (κ2) is 7.00. The lowest BCUT2D eigenvalue weighted by Crippen LogP contribution is -2.53. The van der Waals surface area contributed by atoms with Gasteiger partial charge in [-0.2, -0.15) is 0 Å². The fourth-order valence-corrected chi connectivity index (χ4v) is 2.09. The van der Waals surface area contributed by atoms with Crippen molar-refractivity contribution in [3.05, 3.63) is 34.9 Å². The molecule has 0 radical (unpaired) electrons. The highest BCUT2D eigenvalue weighted by Gasteiger charge is 2.25. The lowest BCUT2D eigenvalue weighted by atomic mass is 10.1. The molecular formula is C13H15ClN2O4-2. The van der Waals surface area contributed by atoms with Crippen molar-refractivity contribution in [2.75, 3.05) is 13.1 Å². The van der Waals surface area contributed by atoms with Crippen LogP contribution < -0.4 is 10.2 Å². The van der Waals surface area contributed by atoms with Gasteiger partial charge >= 0.3 is 0 Å². The molecular weight excluding hydrogens is 284 g/mol. The molecule has 0 aromatic heterocycles. The molecule has 1 aromatic rings. The maximum atomic E-state index is 11.2. The van der Waals surface area contributed by atoms with E-state index in [9.17, 15) is 19.8 Å². The van der Waals surface area contributed by atoms with Crippen LogP contribution in [0.3, 0.4) is 0 Å². The maximum Gasteiger partial charge on any atom is 0.138 e. The summed E-state index contributed by atoms with van der Waals surface area (Å²) in [5, 5.41) is 22.9. The molecule has 0 aliphatic heterocycles. The summed E-state index contributed by atoms with van der Waals surface area (Å²) < 4.78 is 0. The molecule has 7 heteroatoms. The molecule has 0 heterocycles. The highest BCUT2D eigenvalue weighted by atomic mass is 35.5. The van der Waals surface area contributed by atoms with Crippen LogP contribution >= 0.6 is 11.6 Å². The van der Waals surface area contributed by atoms with Crippen LogP contribution in [0.15, 0.2) is 24.3 Å². The van der Waals surface area contributed by atoms with E-state index in [-0.39, 0.29) is 13.1 Å². The Morgan fingerprint density at radius 3 is 1.75 bits per heavy atom. The standard InChI is InChI=1S/C13H17ClN2O4/c1-3-15(12(17)18)11(16(4-2)13(19)20)9-5-7-10(14)8-6-9/h5-8,11H,3-4H2,1-2H3,(H,17,18)(H,19,20)/p-2. The summed E-state index contributed by atoms with van der Waals surface area (Å²) in [6.07, 6.45) is -3.92. The Kier molecular flexibility index (Phi) is 5.64. The van der Waals surface area contributed by atoms with Crippen molar-refractivity contribution in [2.45, 2.75) is 20.0 Å². The molecule has 0 aliphatic rings. The molecule has 0 spiro atoms. The van der Waals surface area contributed by atoms with Crippen molar-refractivity contribution in [3.8, 4) is 0 Å². The van der Waals surface area contributed by atoms with Crippen molar-refractivity contribution in [2.24, 2.45) is 0 Å². The van der Waals surface area contributed by atoms with Crippen LogP contribution in [0.5, 0.6) is 0 Å². The average molecular weight is 299 g/mol. The Morgan fingerprint density at radius 1 is 1.05 bits per heavy atom. The maximum absolute atomic E-state index is 11.2. The Bertz CT molecular complexity index is 456. The van der Waals surface area contributed by atoms with Crippen LogP contribution in [0, 0.1) is 0 Å². The van der Waals surface area contributed by atoms with Gasteiger partial charge in [0.05, 0.1) is 0 Å². The zero-order valence-electron chi connectivity index (χ0n) is 11.2. The van der Waals surface area contributed by atoms with Gasteiger partial charge in [0.25, 0.3) is 0 Å². The van der Waals surface area contributed by atoms with Gasteiger partial charge in [-0.1, -0.05) is 23.7 Å². The predicted octanol–water partition coefficient (Wildman–Crippen LogP) is 0.669. The lowest BCUT2D eigenvalue weighted by molar-refractivity contribution is -0.282. The minimum absolute atomic E-state index is 0.0827. The van der Waals surface area contributed by atoms with Crippen molar-refractivity contribution >= 4 is 23.8 Å². The SMILES string of the molecule is CCN(C(=O)[O-])C(c1ccc(Cl)cc1)N(CC)C(=O)[O-]. The number of carbonyl (C=O) groups excluding carboxylic acids is 2. The molecule has 6 nitrogen and oxygen atoms in total. The van der Waals surface area contributed by atoms with E-state index in [2.05, 4.69) is 0 Å². The number of amides is 2. The van der Waals surface area contributed by atoms with E-state index >= 15 is 0 Å². The van der Waals surface area contributed by atoms with Gasteiger partial charge in [-0.3, -0.25) is 0 Å². The third kappa shape index (κ3) is 3.54. The number of rotatable bonds is 5. The molecule has 1 aromatic carbocycles. The molecule has 1 rings (SSSR count). The highest BCUT2D eigenvalue weighted by Crippen LogP contribution is 2.25. The molecule has 2 amide bonds. The molecule has 110 valence electrons. The molecule has 20 heavy (non-hydrogen) atoms. The van der Waals surface area contributed by atoms with Crippen molar-refractivity contribution < 1.29 is 19.8 Å². The van der Waals surface area contributed by atoms with Crippen LogP contribution in [0.4, 0.5) is 9.59 Å². The number of halogens is 1. The third-order valence-corrected chi connectivity index (χ3v) is 3.16. The first-order valence-electron chi connectivity index (χ1n) is 6.13. The lowest BCUT2D eigenvalue weighted by Gasteiger charge is -2.41. The highest BCUT2D eigenvalue weighted by molar-refractivity contribution is 6.30. The van der Waals surface area contributed by atoms with E-state index in [4.69, 9.17) is 11.6 Å². The minimum Gasteiger partial charge on any atom is -0.530 e. The number of hydrogen-bond donors (Lipinski definition) is 0. The normalized spacial score (nSPS) is 10.4. The molecule has 0 saturated heterocycles. The van der Waals surface area contributed by atoms with Gasteiger partial charge in [0, 0.05) is 18.1 Å².